The number of H-pyrrole nitrogens is 1. The number of nitrogens with zero attached hydrogens (tertiary/aromatic N) is 1. The summed E-state index contributed by atoms with van der Waals surface area (Å²) in [6.07, 6.45) is -3.99. The molecule has 2 rings (SSSR count). The van der Waals surface area contributed by atoms with Crippen molar-refractivity contribution >= 4 is 12.2 Å². The molecule has 4 N–H and O–H groups in total. The van der Waals surface area contributed by atoms with Gasteiger partial charge in [0.2, 0.25) is 0 Å². The number of ether oxygens (including phenoxy) is 1. The first-order valence-corrected chi connectivity index (χ1v) is 6.47. The van der Waals surface area contributed by atoms with Gasteiger partial charge >= 0.3 is 0 Å². The van der Waals surface area contributed by atoms with E-state index in [2.05, 4.69) is 10.3 Å². The number of nitrogens with one attached hydrogen (secondary N) is 2. The normalized spacial score (nSPS) is 29.8. The molecule has 1 aliphatic heterocycles. The van der Waals surface area contributed by atoms with E-state index in [-0.39, 0.29) is 16.9 Å². The molecule has 112 valence electrons. The van der Waals surface area contributed by atoms with Gasteiger partial charge in [-0.2, -0.15) is 0 Å². The Labute approximate surface area is 119 Å². The smallest absolute Gasteiger partial charge is 0.256 e. The highest BCUT2D eigenvalue weighted by atomic mass is 32.1. The summed E-state index contributed by atoms with van der Waals surface area (Å²) in [5.74, 6) is 0. The topological polar surface area (TPSA) is 99.5 Å². The lowest BCUT2D eigenvalue weighted by Gasteiger charge is -2.18. The molecule has 1 aromatic heterocycles. The molecule has 0 bridgehead atoms. The van der Waals surface area contributed by atoms with Crippen molar-refractivity contribution in [2.24, 2.45) is 0 Å². The standard InChI is InChI=1S/C11H16FN3O4S/c1-13-2-5-3-15(11(20)14-9(5)18)10-7(12)8(17)6(4-16)19-10/h3,6-8,10,13,16-17H,2,4H2,1H3,(H,14,18,20)/t6-,7?,8+,10-/m1/s1. The zero-order valence-electron chi connectivity index (χ0n) is 10.7. The third-order valence-corrected chi connectivity index (χ3v) is 3.47. The number of aromatic amines is 1. The van der Waals surface area contributed by atoms with E-state index in [0.717, 1.165) is 0 Å². The van der Waals surface area contributed by atoms with Gasteiger partial charge in [0.25, 0.3) is 5.56 Å². The highest BCUT2D eigenvalue weighted by Gasteiger charge is 2.45. The van der Waals surface area contributed by atoms with Gasteiger partial charge in [-0.25, -0.2) is 4.39 Å². The van der Waals surface area contributed by atoms with Crippen LogP contribution in [-0.4, -0.2) is 51.8 Å². The minimum atomic E-state index is -1.74. The molecule has 0 aliphatic carbocycles. The molecule has 4 atom stereocenters. The lowest BCUT2D eigenvalue weighted by Crippen LogP contribution is -2.31. The number of rotatable bonds is 4. The summed E-state index contributed by atoms with van der Waals surface area (Å²) < 4.78 is 20.5. The average Bonchev–Trinajstić information content (AvgIpc) is 2.70. The Morgan fingerprint density at radius 2 is 2.35 bits per heavy atom. The minimum absolute atomic E-state index is 0.00621. The number of aromatic nitrogens is 2. The van der Waals surface area contributed by atoms with Gasteiger partial charge in [0.1, 0.15) is 12.2 Å². The van der Waals surface area contributed by atoms with Gasteiger partial charge in [-0.15, -0.1) is 0 Å². The Hall–Kier alpha value is -1.13. The number of aliphatic hydroxyl groups is 2. The number of halogens is 1. The summed E-state index contributed by atoms with van der Waals surface area (Å²) in [5.41, 5.74) is -0.00731. The van der Waals surface area contributed by atoms with Crippen molar-refractivity contribution < 1.29 is 19.3 Å². The summed E-state index contributed by atoms with van der Waals surface area (Å²) in [7, 11) is 1.67. The fraction of sp³-hybridized carbons (Fsp3) is 0.636. The average molecular weight is 305 g/mol. The monoisotopic (exact) mass is 305 g/mol. The number of alkyl halides is 1. The molecule has 0 saturated carbocycles. The van der Waals surface area contributed by atoms with Crippen LogP contribution in [0.2, 0.25) is 0 Å². The third kappa shape index (κ3) is 2.67. The lowest BCUT2D eigenvalue weighted by molar-refractivity contribution is -0.0485. The summed E-state index contributed by atoms with van der Waals surface area (Å²) in [4.78, 5) is 14.1. The van der Waals surface area contributed by atoms with Gasteiger partial charge < -0.3 is 20.3 Å². The molecule has 1 fully saturated rings. The quantitative estimate of drug-likeness (QED) is 0.544. The minimum Gasteiger partial charge on any atom is -0.394 e. The fourth-order valence-corrected chi connectivity index (χ4v) is 2.36. The summed E-state index contributed by atoms with van der Waals surface area (Å²) in [5, 5.41) is 21.4. The summed E-state index contributed by atoms with van der Waals surface area (Å²) in [6, 6.07) is 0. The predicted molar refractivity (Wildman–Crippen MR) is 70.5 cm³/mol. The second-order valence-corrected chi connectivity index (χ2v) is 4.92. The molecule has 1 unspecified atom stereocenters. The summed E-state index contributed by atoms with van der Waals surface area (Å²) in [6.45, 7) is -0.223. The molecule has 1 saturated heterocycles. The lowest BCUT2D eigenvalue weighted by atomic mass is 10.1. The summed E-state index contributed by atoms with van der Waals surface area (Å²) >= 11 is 4.98. The van der Waals surface area contributed by atoms with E-state index >= 15 is 0 Å². The molecule has 0 aromatic carbocycles. The molecule has 1 aliphatic rings. The maximum atomic E-state index is 14.0. The first kappa shape index (κ1) is 15.3. The Morgan fingerprint density at radius 3 is 2.90 bits per heavy atom. The van der Waals surface area contributed by atoms with E-state index in [4.69, 9.17) is 22.1 Å². The number of hydrogen-bond acceptors (Lipinski definition) is 6. The molecular formula is C11H16FN3O4S. The second kappa shape index (κ2) is 6.10. The van der Waals surface area contributed by atoms with Crippen molar-refractivity contribution in [1.82, 2.24) is 14.9 Å². The number of hydrogen-bond donors (Lipinski definition) is 4. The van der Waals surface area contributed by atoms with Crippen molar-refractivity contribution in [1.29, 1.82) is 0 Å². The third-order valence-electron chi connectivity index (χ3n) is 3.16. The fourth-order valence-electron chi connectivity index (χ4n) is 2.11. The van der Waals surface area contributed by atoms with Gasteiger partial charge in [0, 0.05) is 18.3 Å². The van der Waals surface area contributed by atoms with Crippen molar-refractivity contribution in [3.8, 4) is 0 Å². The van der Waals surface area contributed by atoms with Crippen LogP contribution in [0, 0.1) is 4.77 Å². The van der Waals surface area contributed by atoms with Gasteiger partial charge in [0.05, 0.1) is 6.61 Å². The van der Waals surface area contributed by atoms with Crippen molar-refractivity contribution in [3.05, 3.63) is 26.9 Å². The predicted octanol–water partition coefficient (Wildman–Crippen LogP) is -0.786. The van der Waals surface area contributed by atoms with Gasteiger partial charge in [-0.1, -0.05) is 0 Å². The van der Waals surface area contributed by atoms with Gasteiger partial charge in [-0.3, -0.25) is 14.3 Å². The number of aliphatic hydroxyl groups excluding tert-OH is 2. The van der Waals surface area contributed by atoms with E-state index in [1.54, 1.807) is 7.05 Å². The molecule has 7 nitrogen and oxygen atoms in total. The molecule has 2 heterocycles. The van der Waals surface area contributed by atoms with Gasteiger partial charge in [-0.05, 0) is 19.3 Å². The van der Waals surface area contributed by atoms with Gasteiger partial charge in [0.15, 0.2) is 17.2 Å². The van der Waals surface area contributed by atoms with E-state index in [1.807, 2.05) is 0 Å². The van der Waals surface area contributed by atoms with E-state index in [9.17, 15) is 14.3 Å². The van der Waals surface area contributed by atoms with Crippen LogP contribution >= 0.6 is 12.2 Å². The van der Waals surface area contributed by atoms with E-state index in [0.29, 0.717) is 5.56 Å². The molecule has 1 aromatic rings. The Balaban J connectivity index is 2.40. The zero-order valence-corrected chi connectivity index (χ0v) is 11.6. The largest absolute Gasteiger partial charge is 0.394 e. The van der Waals surface area contributed by atoms with Crippen LogP contribution in [0.3, 0.4) is 0 Å². The Bertz CT molecular complexity index is 590. The van der Waals surface area contributed by atoms with Crippen molar-refractivity contribution in [3.63, 3.8) is 0 Å². The maximum Gasteiger partial charge on any atom is 0.256 e. The molecule has 0 amide bonds. The Kier molecular flexibility index (Phi) is 4.66. The highest BCUT2D eigenvalue weighted by molar-refractivity contribution is 7.71. The van der Waals surface area contributed by atoms with Crippen LogP contribution < -0.4 is 10.9 Å². The SMILES string of the molecule is CNCc1cn([C@@H]2O[C@H](CO)[C@H](O)C2F)c(=S)[nH]c1=O. The van der Waals surface area contributed by atoms with Crippen LogP contribution in [0.1, 0.15) is 11.8 Å². The zero-order chi connectivity index (χ0) is 14.9. The molecule has 0 spiro atoms. The van der Waals surface area contributed by atoms with Crippen molar-refractivity contribution in [2.45, 2.75) is 31.2 Å². The Morgan fingerprint density at radius 1 is 1.65 bits per heavy atom. The maximum absolute atomic E-state index is 14.0. The first-order valence-electron chi connectivity index (χ1n) is 6.07. The van der Waals surface area contributed by atoms with Crippen LogP contribution in [0.25, 0.3) is 0 Å². The van der Waals surface area contributed by atoms with Crippen LogP contribution in [-0.2, 0) is 11.3 Å². The molecule has 9 heteroatoms. The van der Waals surface area contributed by atoms with Crippen LogP contribution in [0.4, 0.5) is 4.39 Å². The van der Waals surface area contributed by atoms with Crippen LogP contribution in [0.5, 0.6) is 0 Å². The molecule has 0 radical (unpaired) electrons. The second-order valence-electron chi connectivity index (χ2n) is 4.53. The molecular weight excluding hydrogens is 289 g/mol. The highest BCUT2D eigenvalue weighted by Crippen LogP contribution is 2.31. The first-order chi connectivity index (χ1) is 9.49. The van der Waals surface area contributed by atoms with E-state index < -0.39 is 31.2 Å². The molecule has 20 heavy (non-hydrogen) atoms. The van der Waals surface area contributed by atoms with E-state index in [1.165, 1.54) is 10.8 Å². The van der Waals surface area contributed by atoms with Crippen molar-refractivity contribution in [2.75, 3.05) is 13.7 Å². The van der Waals surface area contributed by atoms with Crippen LogP contribution in [0.15, 0.2) is 11.0 Å².